The van der Waals surface area contributed by atoms with Gasteiger partial charge < -0.3 is 0 Å². The first-order valence-corrected chi connectivity index (χ1v) is 11.5. The summed E-state index contributed by atoms with van der Waals surface area (Å²) in [5, 5.41) is 1.10. The van der Waals surface area contributed by atoms with E-state index in [1.165, 1.54) is 24.4 Å². The topological polar surface area (TPSA) is 26.3 Å². The summed E-state index contributed by atoms with van der Waals surface area (Å²) in [6, 6.07) is 10.7. The molecule has 136 valence electrons. The molecule has 25 heavy (non-hydrogen) atoms. The summed E-state index contributed by atoms with van der Waals surface area (Å²) in [4.78, 5) is 12.8. The number of rotatable bonds is 6. The van der Waals surface area contributed by atoms with Crippen LogP contribution < -0.4 is 4.46 Å². The van der Waals surface area contributed by atoms with Crippen LogP contribution in [0.5, 0.6) is 0 Å². The summed E-state index contributed by atoms with van der Waals surface area (Å²) in [5.41, 5.74) is -0.400. The zero-order valence-corrected chi connectivity index (χ0v) is 17.3. The van der Waals surface area contributed by atoms with Gasteiger partial charge >= 0.3 is 159 Å². The Morgan fingerprint density at radius 1 is 1.24 bits per heavy atom. The van der Waals surface area contributed by atoms with Crippen molar-refractivity contribution in [3.63, 3.8) is 0 Å². The van der Waals surface area contributed by atoms with Crippen LogP contribution >= 0.6 is 0 Å². The van der Waals surface area contributed by atoms with Crippen LogP contribution in [0.25, 0.3) is 0 Å². The van der Waals surface area contributed by atoms with E-state index in [1.807, 2.05) is 0 Å². The number of methoxy groups -OCH3 is 1. The molecule has 0 aromatic heterocycles. The molecule has 1 fully saturated rings. The van der Waals surface area contributed by atoms with Gasteiger partial charge in [-0.25, -0.2) is 0 Å². The average molecular weight is 405 g/mol. The Morgan fingerprint density at radius 2 is 2.04 bits per heavy atom. The third-order valence-corrected chi connectivity index (χ3v) is 7.61. The molecule has 2 nitrogen and oxygen atoms in total. The van der Waals surface area contributed by atoms with Gasteiger partial charge in [0, 0.05) is 0 Å². The van der Waals surface area contributed by atoms with Crippen LogP contribution in [0.3, 0.4) is 0 Å². The predicted molar refractivity (Wildman–Crippen MR) is 105 cm³/mol. The molecule has 0 saturated heterocycles. The van der Waals surface area contributed by atoms with Crippen molar-refractivity contribution < 1.29 is 9.53 Å². The summed E-state index contributed by atoms with van der Waals surface area (Å²) in [5.74, 6) is 6.93. The Balaban J connectivity index is 2.19. The fraction of sp³-hybridized carbons (Fsp3) is 0.591. The maximum atomic E-state index is 12.8. The summed E-state index contributed by atoms with van der Waals surface area (Å²) >= 11 is 0.395. The van der Waals surface area contributed by atoms with Crippen molar-refractivity contribution >= 4 is 25.4 Å². The number of carbonyl (C=O) groups is 1. The van der Waals surface area contributed by atoms with E-state index in [2.05, 4.69) is 49.1 Å². The van der Waals surface area contributed by atoms with E-state index in [0.29, 0.717) is 27.3 Å². The van der Waals surface area contributed by atoms with Gasteiger partial charge in [0.2, 0.25) is 0 Å². The van der Waals surface area contributed by atoms with Crippen molar-refractivity contribution in [2.45, 2.75) is 63.6 Å². The molecule has 0 aliphatic heterocycles. The molecule has 1 aromatic rings. The Bertz CT molecular complexity index is 587. The molecule has 0 unspecified atom stereocenters. The Labute approximate surface area is 159 Å². The van der Waals surface area contributed by atoms with Crippen molar-refractivity contribution in [3.05, 3.63) is 30.3 Å². The second kappa shape index (κ2) is 10.7. The Morgan fingerprint density at radius 3 is 2.76 bits per heavy atom. The molecule has 1 aromatic carbocycles. The molecule has 3 heteroatoms. The minimum atomic E-state index is -0.400. The normalized spacial score (nSPS) is 23.2. The van der Waals surface area contributed by atoms with E-state index in [4.69, 9.17) is 4.74 Å². The van der Waals surface area contributed by atoms with E-state index in [-0.39, 0.29) is 5.97 Å². The number of esters is 1. The van der Waals surface area contributed by atoms with E-state index in [0.717, 1.165) is 37.4 Å². The molecular weight excluding hydrogens is 375 g/mol. The van der Waals surface area contributed by atoms with Gasteiger partial charge in [-0.15, -0.1) is 0 Å². The predicted octanol–water partition coefficient (Wildman–Crippen LogP) is 4.37. The van der Waals surface area contributed by atoms with Crippen molar-refractivity contribution in [3.8, 4) is 11.8 Å². The molecule has 1 aliphatic carbocycles. The summed E-state index contributed by atoms with van der Waals surface area (Å²) in [7, 11) is 1.54. The molecule has 2 rings (SSSR count). The van der Waals surface area contributed by atoms with Gasteiger partial charge in [0.15, 0.2) is 0 Å². The molecule has 0 heterocycles. The molecule has 2 atom stereocenters. The third kappa shape index (κ3) is 5.63. The van der Waals surface area contributed by atoms with Crippen LogP contribution in [0.15, 0.2) is 30.3 Å². The van der Waals surface area contributed by atoms with Gasteiger partial charge in [-0.3, -0.25) is 0 Å². The standard InChI is InChI=1S/C22H30O2Se/c1-3-4-5-11-16-22(21(23)24-2)17-12-7-8-13-19(22)18-25-20-14-9-6-10-15-20/h6,9-10,14-15,19H,3-4,7-8,12-13,16-18H2,1-2H3/t19-,22-/m1/s1. The number of hydrogen-bond acceptors (Lipinski definition) is 2. The SMILES string of the molecule is CCCC#CC[C@@]1(C(=O)OC)CCCCC[C@@H]1C[Se]c1ccccc1. The van der Waals surface area contributed by atoms with Crippen molar-refractivity contribution in [1.29, 1.82) is 0 Å². The third-order valence-electron chi connectivity index (χ3n) is 5.15. The van der Waals surface area contributed by atoms with Crippen LogP contribution in [0, 0.1) is 23.2 Å². The second-order valence-corrected chi connectivity index (χ2v) is 9.14. The molecule has 1 aliphatic rings. The fourth-order valence-corrected chi connectivity index (χ4v) is 6.23. The van der Waals surface area contributed by atoms with Crippen molar-refractivity contribution in [2.24, 2.45) is 11.3 Å². The van der Waals surface area contributed by atoms with E-state index in [1.54, 1.807) is 0 Å². The van der Waals surface area contributed by atoms with Crippen LogP contribution in [0.1, 0.15) is 58.3 Å². The summed E-state index contributed by atoms with van der Waals surface area (Å²) in [6.07, 6.45) is 8.24. The molecular formula is C22H30O2Se. The molecule has 0 amide bonds. The minimum absolute atomic E-state index is 0.0333. The van der Waals surface area contributed by atoms with E-state index < -0.39 is 5.41 Å². The maximum absolute atomic E-state index is 12.8. The Hall–Kier alpha value is -1.23. The Kier molecular flexibility index (Phi) is 8.59. The first-order valence-electron chi connectivity index (χ1n) is 9.45. The first kappa shape index (κ1) is 20.1. The summed E-state index contributed by atoms with van der Waals surface area (Å²) in [6.45, 7) is 2.14. The number of carbonyl (C=O) groups excluding carboxylic acids is 1. The van der Waals surface area contributed by atoms with E-state index in [9.17, 15) is 4.79 Å². The average Bonchev–Trinajstić information content (AvgIpc) is 2.86. The van der Waals surface area contributed by atoms with Crippen molar-refractivity contribution in [1.82, 2.24) is 0 Å². The number of unbranched alkanes of at least 4 members (excludes halogenated alkanes) is 1. The molecule has 1 saturated carbocycles. The van der Waals surface area contributed by atoms with Crippen LogP contribution in [-0.2, 0) is 9.53 Å². The van der Waals surface area contributed by atoms with Gasteiger partial charge in [0.05, 0.1) is 0 Å². The fourth-order valence-electron chi connectivity index (χ4n) is 3.66. The number of ether oxygens (including phenoxy) is 1. The zero-order valence-electron chi connectivity index (χ0n) is 15.6. The number of benzene rings is 1. The number of hydrogen-bond donors (Lipinski definition) is 0. The molecule has 0 bridgehead atoms. The second-order valence-electron chi connectivity index (χ2n) is 6.85. The zero-order chi connectivity index (χ0) is 18.0. The van der Waals surface area contributed by atoms with Gasteiger partial charge in [0.25, 0.3) is 0 Å². The quantitative estimate of drug-likeness (QED) is 0.304. The van der Waals surface area contributed by atoms with Gasteiger partial charge in [0.1, 0.15) is 0 Å². The van der Waals surface area contributed by atoms with Crippen LogP contribution in [0.4, 0.5) is 0 Å². The van der Waals surface area contributed by atoms with Gasteiger partial charge in [-0.2, -0.15) is 0 Å². The van der Waals surface area contributed by atoms with Crippen LogP contribution in [-0.4, -0.2) is 28.0 Å². The van der Waals surface area contributed by atoms with Gasteiger partial charge in [-0.1, -0.05) is 0 Å². The van der Waals surface area contributed by atoms with Crippen LogP contribution in [0.2, 0.25) is 5.32 Å². The molecule has 0 spiro atoms. The van der Waals surface area contributed by atoms with E-state index >= 15 is 0 Å². The van der Waals surface area contributed by atoms with Crippen molar-refractivity contribution in [2.75, 3.05) is 7.11 Å². The summed E-state index contributed by atoms with van der Waals surface area (Å²) < 4.78 is 6.70. The molecule has 0 N–H and O–H groups in total. The first-order chi connectivity index (χ1) is 12.2. The molecule has 0 radical (unpaired) electrons. The monoisotopic (exact) mass is 406 g/mol. The van der Waals surface area contributed by atoms with Gasteiger partial charge in [-0.05, 0) is 0 Å².